The van der Waals surface area contributed by atoms with E-state index >= 15 is 0 Å². The number of benzene rings is 1. The minimum absolute atomic E-state index is 0.351. The van der Waals surface area contributed by atoms with Crippen LogP contribution in [0.5, 0.6) is 11.5 Å². The van der Waals surface area contributed by atoms with E-state index in [1.54, 1.807) is 17.6 Å². The first-order chi connectivity index (χ1) is 12.0. The molecule has 1 aromatic carbocycles. The van der Waals surface area contributed by atoms with Gasteiger partial charge < -0.3 is 20.3 Å². The van der Waals surface area contributed by atoms with Gasteiger partial charge in [0.05, 0.1) is 12.3 Å². The quantitative estimate of drug-likeness (QED) is 0.553. The lowest BCUT2D eigenvalue weighted by molar-refractivity contribution is 0.0928. The molecule has 0 aliphatic heterocycles. The van der Waals surface area contributed by atoms with E-state index in [9.17, 15) is 9.50 Å². The first kappa shape index (κ1) is 17.7. The maximum absolute atomic E-state index is 13.0. The molecule has 0 radical (unpaired) electrons. The SMILES string of the molecule is OCC(O)c1csc(Nc2ncc(Br)cc2Oc2ccc(F)cc2)n1. The molecule has 0 saturated heterocycles. The van der Waals surface area contributed by atoms with Crippen molar-refractivity contribution in [1.82, 2.24) is 9.97 Å². The molecule has 0 aliphatic carbocycles. The lowest BCUT2D eigenvalue weighted by Gasteiger charge is -2.11. The van der Waals surface area contributed by atoms with Crippen LogP contribution in [0.4, 0.5) is 15.3 Å². The van der Waals surface area contributed by atoms with Crippen LogP contribution in [0.25, 0.3) is 0 Å². The molecule has 3 rings (SSSR count). The zero-order valence-corrected chi connectivity index (χ0v) is 15.1. The molecule has 0 spiro atoms. The lowest BCUT2D eigenvalue weighted by Crippen LogP contribution is -2.03. The zero-order chi connectivity index (χ0) is 17.8. The van der Waals surface area contributed by atoms with E-state index in [0.717, 1.165) is 0 Å². The normalized spacial score (nSPS) is 12.0. The summed E-state index contributed by atoms with van der Waals surface area (Å²) in [6, 6.07) is 7.35. The summed E-state index contributed by atoms with van der Waals surface area (Å²) >= 11 is 4.59. The summed E-state index contributed by atoms with van der Waals surface area (Å²) in [5.41, 5.74) is 0.369. The van der Waals surface area contributed by atoms with Crippen LogP contribution in [0, 0.1) is 5.82 Å². The monoisotopic (exact) mass is 425 g/mol. The number of nitrogens with one attached hydrogen (secondary N) is 1. The molecule has 0 aliphatic rings. The van der Waals surface area contributed by atoms with Gasteiger partial charge in [-0.25, -0.2) is 14.4 Å². The number of thiazole rings is 1. The van der Waals surface area contributed by atoms with Crippen molar-refractivity contribution in [2.75, 3.05) is 11.9 Å². The van der Waals surface area contributed by atoms with Crippen molar-refractivity contribution in [3.05, 3.63) is 57.9 Å². The van der Waals surface area contributed by atoms with Crippen molar-refractivity contribution in [1.29, 1.82) is 0 Å². The molecule has 0 bridgehead atoms. The molecule has 1 atom stereocenters. The fourth-order valence-electron chi connectivity index (χ4n) is 1.91. The van der Waals surface area contributed by atoms with Crippen LogP contribution < -0.4 is 10.1 Å². The maximum Gasteiger partial charge on any atom is 0.188 e. The van der Waals surface area contributed by atoms with Crippen LogP contribution in [-0.2, 0) is 0 Å². The second-order valence-corrected chi connectivity index (χ2v) is 6.73. The smallest absolute Gasteiger partial charge is 0.188 e. The van der Waals surface area contributed by atoms with Crippen LogP contribution in [0.15, 0.2) is 46.4 Å². The molecule has 2 aromatic heterocycles. The van der Waals surface area contributed by atoms with Crippen LogP contribution in [0.2, 0.25) is 0 Å². The van der Waals surface area contributed by atoms with Gasteiger partial charge in [0.15, 0.2) is 16.7 Å². The third-order valence-electron chi connectivity index (χ3n) is 3.12. The second kappa shape index (κ2) is 7.87. The van der Waals surface area contributed by atoms with E-state index in [2.05, 4.69) is 31.2 Å². The number of nitrogens with zero attached hydrogens (tertiary/aromatic N) is 2. The molecule has 3 N–H and O–H groups in total. The molecular formula is C16H13BrFN3O3S. The summed E-state index contributed by atoms with van der Waals surface area (Å²) < 4.78 is 19.5. The summed E-state index contributed by atoms with van der Waals surface area (Å²) in [7, 11) is 0. The van der Waals surface area contributed by atoms with Gasteiger partial charge in [0.1, 0.15) is 17.7 Å². The number of ether oxygens (including phenoxy) is 1. The van der Waals surface area contributed by atoms with Crippen LogP contribution in [0.1, 0.15) is 11.8 Å². The van der Waals surface area contributed by atoms with Crippen LogP contribution in [0.3, 0.4) is 0 Å². The van der Waals surface area contributed by atoms with Crippen molar-refractivity contribution < 1.29 is 19.3 Å². The number of aliphatic hydroxyl groups is 2. The number of hydrogen-bond donors (Lipinski definition) is 3. The molecule has 0 saturated carbocycles. The Morgan fingerprint density at radius 2 is 2.08 bits per heavy atom. The number of aliphatic hydroxyl groups excluding tert-OH is 2. The number of halogens is 2. The van der Waals surface area contributed by atoms with Crippen molar-refractivity contribution in [2.24, 2.45) is 0 Å². The van der Waals surface area contributed by atoms with Gasteiger partial charge in [-0.1, -0.05) is 0 Å². The molecular weight excluding hydrogens is 413 g/mol. The minimum atomic E-state index is -1.03. The first-order valence-corrected chi connectivity index (χ1v) is 8.83. The Labute approximate surface area is 155 Å². The van der Waals surface area contributed by atoms with Gasteiger partial charge >= 0.3 is 0 Å². The van der Waals surface area contributed by atoms with E-state index in [-0.39, 0.29) is 5.82 Å². The topological polar surface area (TPSA) is 87.5 Å². The molecule has 0 fully saturated rings. The summed E-state index contributed by atoms with van der Waals surface area (Å²) in [4.78, 5) is 8.46. The van der Waals surface area contributed by atoms with Gasteiger partial charge in [-0.05, 0) is 40.2 Å². The Hall–Kier alpha value is -2.07. The van der Waals surface area contributed by atoms with E-state index in [1.807, 2.05) is 0 Å². The zero-order valence-electron chi connectivity index (χ0n) is 12.7. The van der Waals surface area contributed by atoms with Gasteiger partial charge in [-0.15, -0.1) is 11.3 Å². The summed E-state index contributed by atoms with van der Waals surface area (Å²) in [6.45, 7) is -0.404. The van der Waals surface area contributed by atoms with Crippen molar-refractivity contribution in [3.63, 3.8) is 0 Å². The predicted octanol–water partition coefficient (Wildman–Crippen LogP) is 4.00. The average molecular weight is 426 g/mol. The first-order valence-electron chi connectivity index (χ1n) is 7.15. The van der Waals surface area contributed by atoms with E-state index < -0.39 is 12.7 Å². The molecule has 6 nitrogen and oxygen atoms in total. The molecule has 0 amide bonds. The Morgan fingerprint density at radius 3 is 2.80 bits per heavy atom. The van der Waals surface area contributed by atoms with Crippen molar-refractivity contribution >= 4 is 38.2 Å². The van der Waals surface area contributed by atoms with E-state index in [0.29, 0.717) is 32.6 Å². The van der Waals surface area contributed by atoms with Crippen molar-refractivity contribution in [3.8, 4) is 11.5 Å². The standard InChI is InChI=1S/C16H13BrFN3O3S/c17-9-5-14(24-11-3-1-10(18)2-4-11)15(19-6-9)21-16-20-12(8-25-16)13(23)7-22/h1-6,8,13,22-23H,7H2,(H,19,20,21). The Kier molecular flexibility index (Phi) is 5.59. The Balaban J connectivity index is 1.83. The Morgan fingerprint density at radius 1 is 1.32 bits per heavy atom. The van der Waals surface area contributed by atoms with Gasteiger partial charge in [0.25, 0.3) is 0 Å². The molecule has 25 heavy (non-hydrogen) atoms. The highest BCUT2D eigenvalue weighted by molar-refractivity contribution is 9.10. The van der Waals surface area contributed by atoms with E-state index in [4.69, 9.17) is 9.84 Å². The highest BCUT2D eigenvalue weighted by atomic mass is 79.9. The summed E-state index contributed by atoms with van der Waals surface area (Å²) in [5, 5.41) is 23.7. The second-order valence-electron chi connectivity index (χ2n) is 4.96. The molecule has 9 heteroatoms. The van der Waals surface area contributed by atoms with Gasteiger partial charge in [0.2, 0.25) is 0 Å². The number of aromatic nitrogens is 2. The van der Waals surface area contributed by atoms with Gasteiger partial charge in [0, 0.05) is 22.1 Å². The van der Waals surface area contributed by atoms with Crippen molar-refractivity contribution in [2.45, 2.75) is 6.10 Å². The third kappa shape index (κ3) is 4.51. The van der Waals surface area contributed by atoms with Gasteiger partial charge in [-0.3, -0.25) is 0 Å². The largest absolute Gasteiger partial charge is 0.453 e. The average Bonchev–Trinajstić information content (AvgIpc) is 3.07. The maximum atomic E-state index is 13.0. The highest BCUT2D eigenvalue weighted by Gasteiger charge is 2.14. The fraction of sp³-hybridized carbons (Fsp3) is 0.125. The Bertz CT molecular complexity index is 860. The van der Waals surface area contributed by atoms with E-state index in [1.165, 1.54) is 35.6 Å². The predicted molar refractivity (Wildman–Crippen MR) is 95.9 cm³/mol. The molecule has 2 heterocycles. The van der Waals surface area contributed by atoms with Gasteiger partial charge in [-0.2, -0.15) is 0 Å². The lowest BCUT2D eigenvalue weighted by atomic mass is 10.3. The molecule has 130 valence electrons. The number of anilines is 2. The van der Waals surface area contributed by atoms with Crippen LogP contribution >= 0.6 is 27.3 Å². The third-order valence-corrected chi connectivity index (χ3v) is 4.33. The minimum Gasteiger partial charge on any atom is -0.453 e. The molecule has 3 aromatic rings. The summed E-state index contributed by atoms with van der Waals surface area (Å²) in [6.07, 6.45) is 0.566. The van der Waals surface area contributed by atoms with Crippen LogP contribution in [-0.4, -0.2) is 26.8 Å². The molecule has 1 unspecified atom stereocenters. The highest BCUT2D eigenvalue weighted by Crippen LogP contribution is 2.33. The number of rotatable bonds is 6. The summed E-state index contributed by atoms with van der Waals surface area (Å²) in [5.74, 6) is 0.933. The number of hydrogen-bond acceptors (Lipinski definition) is 7. The fourth-order valence-corrected chi connectivity index (χ4v) is 2.98. The number of pyridine rings is 1.